The van der Waals surface area contributed by atoms with Gasteiger partial charge < -0.3 is 15.7 Å². The Morgan fingerprint density at radius 1 is 1.39 bits per heavy atom. The van der Waals surface area contributed by atoms with Crippen LogP contribution in [0.25, 0.3) is 0 Å². The van der Waals surface area contributed by atoms with E-state index in [1.807, 2.05) is 12.1 Å². The third-order valence-electron chi connectivity index (χ3n) is 2.74. The predicted octanol–water partition coefficient (Wildman–Crippen LogP) is 2.23. The monoisotopic (exact) mass is 247 g/mol. The molecule has 2 rings (SSSR count). The predicted molar refractivity (Wildman–Crippen MR) is 68.6 cm³/mol. The molecule has 1 heterocycles. The molecule has 0 bridgehead atoms. The van der Waals surface area contributed by atoms with Gasteiger partial charge in [-0.3, -0.25) is 0 Å². The summed E-state index contributed by atoms with van der Waals surface area (Å²) >= 11 is 0. The first-order chi connectivity index (χ1) is 8.70. The molecule has 0 fully saturated rings. The maximum absolute atomic E-state index is 9.04. The lowest BCUT2D eigenvalue weighted by molar-refractivity contribution is 0.141. The number of nitrogen functional groups attached to an aromatic ring is 1. The van der Waals surface area contributed by atoms with E-state index in [0.29, 0.717) is 12.5 Å². The average Bonchev–Trinajstić information content (AvgIpc) is 2.75. The van der Waals surface area contributed by atoms with Gasteiger partial charge in [-0.15, -0.1) is 4.85 Å². The lowest BCUT2D eigenvalue weighted by Crippen LogP contribution is -2.05. The van der Waals surface area contributed by atoms with Crippen LogP contribution in [0, 0.1) is 0 Å². The molecular weight excluding hydrogens is 230 g/mol. The molecule has 0 saturated carbocycles. The Labute approximate surface area is 106 Å². The van der Waals surface area contributed by atoms with Gasteiger partial charge in [0.25, 0.3) is 0 Å². The highest BCUT2D eigenvalue weighted by Gasteiger charge is 2.07. The van der Waals surface area contributed by atoms with Gasteiger partial charge in [0.2, 0.25) is 5.88 Å². The van der Waals surface area contributed by atoms with Crippen LogP contribution in [0.5, 0.6) is 5.88 Å². The van der Waals surface area contributed by atoms with Crippen molar-refractivity contribution < 1.29 is 9.94 Å². The molecule has 0 atom stereocenters. The molecule has 3 N–H and O–H groups in total. The fourth-order valence-corrected chi connectivity index (χ4v) is 1.86. The van der Waals surface area contributed by atoms with Crippen LogP contribution >= 0.6 is 0 Å². The first kappa shape index (κ1) is 12.3. The van der Waals surface area contributed by atoms with Gasteiger partial charge in [0.05, 0.1) is 6.20 Å². The van der Waals surface area contributed by atoms with Crippen LogP contribution in [-0.4, -0.2) is 15.2 Å². The number of hydrogen-bond acceptors (Lipinski definition) is 4. The molecule has 0 saturated heterocycles. The third kappa shape index (κ3) is 2.74. The van der Waals surface area contributed by atoms with Crippen molar-refractivity contribution in [2.75, 3.05) is 5.73 Å². The molecule has 5 nitrogen and oxygen atoms in total. The van der Waals surface area contributed by atoms with Crippen LogP contribution in [0.3, 0.4) is 0 Å². The summed E-state index contributed by atoms with van der Waals surface area (Å²) < 4.78 is 5.51. The van der Waals surface area contributed by atoms with E-state index < -0.39 is 0 Å². The van der Waals surface area contributed by atoms with Crippen molar-refractivity contribution in [3.8, 4) is 5.88 Å². The van der Waals surface area contributed by atoms with Gasteiger partial charge in [-0.05, 0) is 18.1 Å². The number of aromatic nitrogens is 2. The zero-order valence-electron chi connectivity index (χ0n) is 10.3. The number of anilines is 1. The van der Waals surface area contributed by atoms with E-state index in [4.69, 9.17) is 15.7 Å². The largest absolute Gasteiger partial charge is 0.472 e. The molecular formula is C13H17N3O2. The van der Waals surface area contributed by atoms with Gasteiger partial charge in [-0.25, -0.2) is 0 Å². The Kier molecular flexibility index (Phi) is 3.72. The van der Waals surface area contributed by atoms with Gasteiger partial charge in [0.15, 0.2) is 0 Å². The normalized spacial score (nSPS) is 10.5. The summed E-state index contributed by atoms with van der Waals surface area (Å²) in [5.41, 5.74) is 8.88. The highest BCUT2D eigenvalue weighted by atomic mass is 16.5. The first-order valence-electron chi connectivity index (χ1n) is 5.94. The highest BCUT2D eigenvalue weighted by molar-refractivity contribution is 5.50. The topological polar surface area (TPSA) is 73.3 Å². The van der Waals surface area contributed by atoms with E-state index in [1.54, 1.807) is 6.07 Å². The minimum absolute atomic E-state index is 0.360. The Morgan fingerprint density at radius 2 is 2.22 bits per heavy atom. The summed E-state index contributed by atoms with van der Waals surface area (Å²) in [5.74, 6) is 0.378. The van der Waals surface area contributed by atoms with Crippen molar-refractivity contribution in [2.45, 2.75) is 26.4 Å². The molecule has 1 aromatic carbocycles. The zero-order chi connectivity index (χ0) is 13.0. The maximum atomic E-state index is 9.04. The minimum Gasteiger partial charge on any atom is -0.472 e. The van der Waals surface area contributed by atoms with Gasteiger partial charge >= 0.3 is 0 Å². The van der Waals surface area contributed by atoms with Gasteiger partial charge in [-0.1, -0.05) is 30.6 Å². The van der Waals surface area contributed by atoms with Crippen molar-refractivity contribution in [2.24, 2.45) is 0 Å². The summed E-state index contributed by atoms with van der Waals surface area (Å²) in [6.07, 6.45) is 3.44. The van der Waals surface area contributed by atoms with Gasteiger partial charge in [-0.2, -0.15) is 0 Å². The number of nitrogens with two attached hydrogens (primary N) is 1. The van der Waals surface area contributed by atoms with Crippen molar-refractivity contribution in [3.05, 3.63) is 41.6 Å². The molecule has 0 spiro atoms. The third-order valence-corrected chi connectivity index (χ3v) is 2.74. The maximum Gasteiger partial charge on any atom is 0.236 e. The molecule has 2 aromatic rings. The molecule has 96 valence electrons. The van der Waals surface area contributed by atoms with E-state index in [2.05, 4.69) is 18.1 Å². The zero-order valence-corrected chi connectivity index (χ0v) is 10.3. The Hall–Kier alpha value is -2.17. The van der Waals surface area contributed by atoms with Crippen LogP contribution in [0.2, 0.25) is 0 Å². The van der Waals surface area contributed by atoms with Crippen LogP contribution in [0.4, 0.5) is 5.69 Å². The Bertz CT molecular complexity index is 523. The number of aryl methyl sites for hydroxylation is 1. The Balaban J connectivity index is 2.12. The van der Waals surface area contributed by atoms with E-state index in [-0.39, 0.29) is 0 Å². The van der Waals surface area contributed by atoms with Gasteiger partial charge in [0, 0.05) is 17.3 Å². The van der Waals surface area contributed by atoms with Gasteiger partial charge in [0.1, 0.15) is 6.61 Å². The number of nitrogens with zero attached hydrogens (tertiary/aromatic N) is 2. The van der Waals surface area contributed by atoms with E-state index in [0.717, 1.165) is 28.9 Å². The number of benzene rings is 1. The van der Waals surface area contributed by atoms with Crippen molar-refractivity contribution in [1.29, 1.82) is 0 Å². The fraction of sp³-hybridized carbons (Fsp3) is 0.308. The number of ether oxygens (including phenoxy) is 1. The molecule has 0 aliphatic heterocycles. The molecule has 18 heavy (non-hydrogen) atoms. The van der Waals surface area contributed by atoms with Crippen LogP contribution in [0.1, 0.15) is 24.5 Å². The second kappa shape index (κ2) is 5.44. The SMILES string of the molecule is CCCc1cccc(N)c1COc1ccn(O)n1. The summed E-state index contributed by atoms with van der Waals surface area (Å²) in [7, 11) is 0. The number of hydrogen-bond donors (Lipinski definition) is 2. The molecule has 0 amide bonds. The standard InChI is InChI=1S/C13H17N3O2/c1-2-4-10-5-3-6-12(14)11(10)9-18-13-7-8-16(17)15-13/h3,5-8,17H,2,4,9,14H2,1H3. The molecule has 0 aliphatic carbocycles. The quantitative estimate of drug-likeness (QED) is 0.627. The van der Waals surface area contributed by atoms with Crippen molar-refractivity contribution in [3.63, 3.8) is 0 Å². The molecule has 0 radical (unpaired) electrons. The molecule has 5 heteroatoms. The van der Waals surface area contributed by atoms with Crippen molar-refractivity contribution in [1.82, 2.24) is 9.94 Å². The second-order valence-electron chi connectivity index (χ2n) is 4.10. The summed E-state index contributed by atoms with van der Waals surface area (Å²) in [6, 6.07) is 7.47. The smallest absolute Gasteiger partial charge is 0.236 e. The summed E-state index contributed by atoms with van der Waals surface area (Å²) in [5, 5.41) is 12.8. The number of rotatable bonds is 5. The molecule has 0 unspecified atom stereocenters. The summed E-state index contributed by atoms with van der Waals surface area (Å²) in [4.78, 5) is 0.719. The van der Waals surface area contributed by atoms with Crippen LogP contribution < -0.4 is 10.5 Å². The second-order valence-corrected chi connectivity index (χ2v) is 4.10. The summed E-state index contributed by atoms with van der Waals surface area (Å²) in [6.45, 7) is 2.49. The minimum atomic E-state index is 0.360. The van der Waals surface area contributed by atoms with E-state index in [9.17, 15) is 0 Å². The van der Waals surface area contributed by atoms with E-state index in [1.165, 1.54) is 11.8 Å². The van der Waals surface area contributed by atoms with Crippen molar-refractivity contribution >= 4 is 5.69 Å². The fourth-order valence-electron chi connectivity index (χ4n) is 1.86. The van der Waals surface area contributed by atoms with Crippen LogP contribution in [-0.2, 0) is 13.0 Å². The molecule has 0 aliphatic rings. The van der Waals surface area contributed by atoms with Crippen LogP contribution in [0.15, 0.2) is 30.5 Å². The lowest BCUT2D eigenvalue weighted by Gasteiger charge is -2.11. The highest BCUT2D eigenvalue weighted by Crippen LogP contribution is 2.20. The average molecular weight is 247 g/mol. The first-order valence-corrected chi connectivity index (χ1v) is 5.94. The Morgan fingerprint density at radius 3 is 2.89 bits per heavy atom. The van der Waals surface area contributed by atoms with E-state index >= 15 is 0 Å². The lowest BCUT2D eigenvalue weighted by atomic mass is 10.0. The molecule has 1 aromatic heterocycles.